The average molecular weight is 387 g/mol. The maximum atomic E-state index is 13.9. The number of methoxy groups -OCH3 is 4. The van der Waals surface area contributed by atoms with E-state index >= 15 is 0 Å². The minimum Gasteiger partial charge on any atom is -0.632 e. The third kappa shape index (κ3) is 2.57. The Hall–Kier alpha value is -2.64. The zero-order valence-corrected chi connectivity index (χ0v) is 16.6. The molecule has 0 bridgehead atoms. The molecule has 0 amide bonds. The van der Waals surface area contributed by atoms with Gasteiger partial charge in [0.2, 0.25) is 5.75 Å². The zero-order chi connectivity index (χ0) is 20.1. The predicted molar refractivity (Wildman–Crippen MR) is 103 cm³/mol. The van der Waals surface area contributed by atoms with E-state index in [1.165, 1.54) is 14.2 Å². The van der Waals surface area contributed by atoms with Crippen LogP contribution in [0.5, 0.6) is 28.7 Å². The predicted octanol–water partition coefficient (Wildman–Crippen LogP) is 3.09. The molecule has 0 radical (unpaired) electrons. The fraction of sp³-hybridized carbons (Fsp3) is 0.429. The van der Waals surface area contributed by atoms with Gasteiger partial charge in [-0.05, 0) is 17.7 Å². The van der Waals surface area contributed by atoms with E-state index < -0.39 is 4.65 Å². The molecule has 7 nitrogen and oxygen atoms in total. The summed E-state index contributed by atoms with van der Waals surface area (Å²) < 4.78 is 21.3. The number of phenols is 1. The summed E-state index contributed by atoms with van der Waals surface area (Å²) in [5, 5.41) is 24.6. The van der Waals surface area contributed by atoms with Crippen LogP contribution in [-0.4, -0.2) is 44.7 Å². The first-order valence-electron chi connectivity index (χ1n) is 9.24. The molecule has 0 aromatic heterocycles. The number of hydroxylamine groups is 3. The summed E-state index contributed by atoms with van der Waals surface area (Å²) >= 11 is 0. The monoisotopic (exact) mass is 387 g/mol. The Kier molecular flexibility index (Phi) is 4.51. The number of phenolic OH excluding ortho intramolecular Hbond substituents is 1. The van der Waals surface area contributed by atoms with Gasteiger partial charge in [0.15, 0.2) is 23.0 Å². The Bertz CT molecular complexity index is 928. The first-order chi connectivity index (χ1) is 13.5. The van der Waals surface area contributed by atoms with Crippen molar-refractivity contribution in [1.82, 2.24) is 0 Å². The first kappa shape index (κ1) is 18.7. The molecule has 0 saturated heterocycles. The number of aromatic hydroxyl groups is 1. The Labute approximate surface area is 164 Å². The molecular formula is C21H25NO6. The van der Waals surface area contributed by atoms with Gasteiger partial charge in [-0.15, -0.1) is 0 Å². The summed E-state index contributed by atoms with van der Waals surface area (Å²) in [4.78, 5) is 0. The van der Waals surface area contributed by atoms with Crippen LogP contribution in [-0.2, 0) is 19.4 Å². The summed E-state index contributed by atoms with van der Waals surface area (Å²) in [6.07, 6.45) is 1.03. The van der Waals surface area contributed by atoms with Crippen molar-refractivity contribution in [3.63, 3.8) is 0 Å². The van der Waals surface area contributed by atoms with Crippen molar-refractivity contribution in [3.05, 3.63) is 45.7 Å². The molecule has 2 aliphatic heterocycles. The molecule has 28 heavy (non-hydrogen) atoms. The van der Waals surface area contributed by atoms with E-state index in [0.717, 1.165) is 22.3 Å². The van der Waals surface area contributed by atoms with E-state index in [4.69, 9.17) is 18.9 Å². The van der Waals surface area contributed by atoms with Gasteiger partial charge < -0.3 is 33.9 Å². The number of hydrogen-bond acceptors (Lipinski definition) is 6. The molecule has 150 valence electrons. The first-order valence-corrected chi connectivity index (χ1v) is 9.24. The van der Waals surface area contributed by atoms with Crippen molar-refractivity contribution in [2.45, 2.75) is 25.4 Å². The van der Waals surface area contributed by atoms with Crippen molar-refractivity contribution < 1.29 is 28.7 Å². The van der Waals surface area contributed by atoms with Gasteiger partial charge in [-0.25, -0.2) is 0 Å². The topological polar surface area (TPSA) is 80.2 Å². The Morgan fingerprint density at radius 1 is 0.964 bits per heavy atom. The lowest BCUT2D eigenvalue weighted by molar-refractivity contribution is -0.928. The molecular weight excluding hydrogens is 362 g/mol. The summed E-state index contributed by atoms with van der Waals surface area (Å²) in [7, 11) is 6.22. The fourth-order valence-electron chi connectivity index (χ4n) is 4.64. The van der Waals surface area contributed by atoms with Gasteiger partial charge in [0.05, 0.1) is 40.5 Å². The van der Waals surface area contributed by atoms with Crippen LogP contribution in [0.3, 0.4) is 0 Å². The summed E-state index contributed by atoms with van der Waals surface area (Å²) in [5.41, 5.74) is 3.57. The van der Waals surface area contributed by atoms with Gasteiger partial charge in [0.25, 0.3) is 0 Å². The second kappa shape index (κ2) is 6.76. The van der Waals surface area contributed by atoms with E-state index in [9.17, 15) is 10.3 Å². The highest BCUT2D eigenvalue weighted by Crippen LogP contribution is 2.52. The molecule has 0 saturated carbocycles. The Morgan fingerprint density at radius 2 is 1.68 bits per heavy atom. The second-order valence-electron chi connectivity index (χ2n) is 7.27. The van der Waals surface area contributed by atoms with Gasteiger partial charge >= 0.3 is 0 Å². The summed E-state index contributed by atoms with van der Waals surface area (Å²) in [6, 6.07) is 5.39. The lowest BCUT2D eigenvalue weighted by atomic mass is 9.82. The van der Waals surface area contributed by atoms with Crippen molar-refractivity contribution in [2.75, 3.05) is 35.0 Å². The van der Waals surface area contributed by atoms with Crippen LogP contribution < -0.4 is 18.9 Å². The molecule has 2 heterocycles. The molecule has 7 heteroatoms. The number of quaternary nitrogens is 1. The molecule has 0 spiro atoms. The van der Waals surface area contributed by atoms with Gasteiger partial charge in [-0.2, -0.15) is 0 Å². The number of benzene rings is 2. The fourth-order valence-corrected chi connectivity index (χ4v) is 4.64. The number of rotatable bonds is 4. The van der Waals surface area contributed by atoms with Crippen molar-refractivity contribution in [3.8, 4) is 28.7 Å². The van der Waals surface area contributed by atoms with Gasteiger partial charge in [0, 0.05) is 24.0 Å². The minimum absolute atomic E-state index is 0.0706. The van der Waals surface area contributed by atoms with E-state index in [1.807, 2.05) is 18.2 Å². The lowest BCUT2D eigenvalue weighted by Gasteiger charge is -2.54. The highest BCUT2D eigenvalue weighted by molar-refractivity contribution is 5.60. The van der Waals surface area contributed by atoms with Gasteiger partial charge in [0.1, 0.15) is 12.6 Å². The summed E-state index contributed by atoms with van der Waals surface area (Å²) in [5.74, 6) is 2.08. The lowest BCUT2D eigenvalue weighted by Crippen LogP contribution is -2.52. The molecule has 2 aromatic rings. The number of nitrogens with zero attached hydrogens (tertiary/aromatic N) is 1. The number of ether oxygens (including phenoxy) is 4. The number of fused-ring (bicyclic) bond motifs is 4. The normalized spacial score (nSPS) is 22.5. The molecule has 0 unspecified atom stereocenters. The van der Waals surface area contributed by atoms with E-state index in [-0.39, 0.29) is 11.8 Å². The van der Waals surface area contributed by atoms with Crippen LogP contribution in [0.1, 0.15) is 28.3 Å². The largest absolute Gasteiger partial charge is 0.632 e. The van der Waals surface area contributed by atoms with Crippen LogP contribution in [0.2, 0.25) is 0 Å². The van der Waals surface area contributed by atoms with Gasteiger partial charge in [-0.1, -0.05) is 6.07 Å². The molecule has 1 N–H and O–H groups in total. The maximum Gasteiger partial charge on any atom is 0.203 e. The maximum absolute atomic E-state index is 13.9. The number of hydrogen-bond donors (Lipinski definition) is 1. The van der Waals surface area contributed by atoms with Crippen molar-refractivity contribution in [1.29, 1.82) is 0 Å². The molecule has 0 fully saturated rings. The van der Waals surface area contributed by atoms with Crippen LogP contribution >= 0.6 is 0 Å². The third-order valence-electron chi connectivity index (χ3n) is 6.04. The van der Waals surface area contributed by atoms with E-state index in [0.29, 0.717) is 48.9 Å². The van der Waals surface area contributed by atoms with Crippen molar-refractivity contribution in [2.24, 2.45) is 0 Å². The zero-order valence-electron chi connectivity index (χ0n) is 16.6. The van der Waals surface area contributed by atoms with Crippen LogP contribution in [0.25, 0.3) is 0 Å². The highest BCUT2D eigenvalue weighted by atomic mass is 16.6. The third-order valence-corrected chi connectivity index (χ3v) is 6.04. The smallest absolute Gasteiger partial charge is 0.203 e. The standard InChI is InChI=1S/C21H25NO6/c1-25-17-6-5-12-9-16-14-10-18(26-2)21(28-4)19(23)13(14)7-8-22(16,24)11-15(12)20(17)27-3/h5-6,10,16,23H,7-9,11H2,1-4H3/t16-,22+/m0/s1. The quantitative estimate of drug-likeness (QED) is 0.641. The minimum atomic E-state index is -0.390. The molecule has 0 aliphatic carbocycles. The Balaban J connectivity index is 1.86. The summed E-state index contributed by atoms with van der Waals surface area (Å²) in [6.45, 7) is 0.676. The molecule has 2 aromatic carbocycles. The second-order valence-corrected chi connectivity index (χ2v) is 7.27. The average Bonchev–Trinajstić information content (AvgIpc) is 2.70. The molecule has 4 rings (SSSR count). The van der Waals surface area contributed by atoms with Crippen molar-refractivity contribution >= 4 is 0 Å². The SMILES string of the molecule is COc1cc2c(c(O)c1OC)CC[N@@+]1([O-])Cc3c(ccc(OC)c3OC)C[C@@H]21. The van der Waals surface area contributed by atoms with E-state index in [2.05, 4.69) is 0 Å². The molecule has 2 aliphatic rings. The van der Waals surface area contributed by atoms with Crippen LogP contribution in [0, 0.1) is 5.21 Å². The van der Waals surface area contributed by atoms with Gasteiger partial charge in [-0.3, -0.25) is 0 Å². The van der Waals surface area contributed by atoms with E-state index in [1.54, 1.807) is 14.2 Å². The Morgan fingerprint density at radius 3 is 2.32 bits per heavy atom. The highest BCUT2D eigenvalue weighted by Gasteiger charge is 2.43. The van der Waals surface area contributed by atoms with Crippen LogP contribution in [0.15, 0.2) is 18.2 Å². The molecule has 2 atom stereocenters. The van der Waals surface area contributed by atoms with Crippen LogP contribution in [0.4, 0.5) is 0 Å².